The molecule has 1 heterocycles. The number of hydrogen-bond donors (Lipinski definition) is 1. The van der Waals surface area contributed by atoms with E-state index in [-0.39, 0.29) is 11.9 Å². The first-order chi connectivity index (χ1) is 13.0. The summed E-state index contributed by atoms with van der Waals surface area (Å²) in [7, 11) is 1.56. The number of nitrogens with one attached hydrogen (secondary N) is 1. The van der Waals surface area contributed by atoms with Crippen LogP contribution in [0.2, 0.25) is 10.0 Å². The van der Waals surface area contributed by atoms with Gasteiger partial charge in [0, 0.05) is 31.9 Å². The van der Waals surface area contributed by atoms with Gasteiger partial charge in [0.25, 0.3) is 0 Å². The molecule has 1 aliphatic heterocycles. The summed E-state index contributed by atoms with van der Waals surface area (Å²) < 4.78 is 5.14. The lowest BCUT2D eigenvalue weighted by molar-refractivity contribution is -0.120. The van der Waals surface area contributed by atoms with Crippen molar-refractivity contribution >= 4 is 40.5 Å². The molecule has 0 aromatic heterocycles. The van der Waals surface area contributed by atoms with Crippen LogP contribution < -0.4 is 15.0 Å². The molecule has 1 N–H and O–H groups in total. The number of rotatable bonds is 5. The van der Waals surface area contributed by atoms with Crippen molar-refractivity contribution < 1.29 is 9.53 Å². The average molecular weight is 408 g/mol. The maximum Gasteiger partial charge on any atom is 0.241 e. The number of nitrogens with zero attached hydrogens (tertiary/aromatic N) is 2. The molecule has 1 saturated heterocycles. The number of methoxy groups -OCH3 is 1. The highest BCUT2D eigenvalue weighted by molar-refractivity contribution is 6.33. The lowest BCUT2D eigenvalue weighted by atomic mass is 10.2. The van der Waals surface area contributed by atoms with Gasteiger partial charge in [-0.15, -0.1) is 0 Å². The molecule has 0 bridgehead atoms. The van der Waals surface area contributed by atoms with Crippen LogP contribution in [0.25, 0.3) is 0 Å². The molecule has 0 saturated carbocycles. The fraction of sp³-hybridized carbons (Fsp3) is 0.350. The van der Waals surface area contributed by atoms with Crippen LogP contribution in [0.3, 0.4) is 0 Å². The maximum absolute atomic E-state index is 12.6. The molecule has 0 radical (unpaired) electrons. The minimum Gasteiger partial charge on any atom is -0.495 e. The highest BCUT2D eigenvalue weighted by atomic mass is 35.5. The van der Waals surface area contributed by atoms with Crippen molar-refractivity contribution in [2.24, 2.45) is 0 Å². The first-order valence-electron chi connectivity index (χ1n) is 8.87. The van der Waals surface area contributed by atoms with Crippen LogP contribution in [0.4, 0.5) is 11.4 Å². The molecule has 2 aromatic carbocycles. The molecule has 27 heavy (non-hydrogen) atoms. The van der Waals surface area contributed by atoms with Crippen LogP contribution in [0, 0.1) is 0 Å². The number of benzene rings is 2. The Morgan fingerprint density at radius 3 is 2.41 bits per heavy atom. The fourth-order valence-electron chi connectivity index (χ4n) is 3.21. The topological polar surface area (TPSA) is 44.8 Å². The third-order valence-electron chi connectivity index (χ3n) is 4.85. The molecule has 0 spiro atoms. The number of ether oxygens (including phenoxy) is 1. The second-order valence-corrected chi connectivity index (χ2v) is 7.30. The predicted molar refractivity (Wildman–Crippen MR) is 111 cm³/mol. The molecule has 1 atom stereocenters. The minimum atomic E-state index is -0.237. The van der Waals surface area contributed by atoms with Gasteiger partial charge in [-0.1, -0.05) is 35.3 Å². The Morgan fingerprint density at radius 2 is 1.78 bits per heavy atom. The van der Waals surface area contributed by atoms with Crippen LogP contribution in [0.1, 0.15) is 6.92 Å². The highest BCUT2D eigenvalue weighted by Crippen LogP contribution is 2.28. The second kappa shape index (κ2) is 8.83. The van der Waals surface area contributed by atoms with Crippen molar-refractivity contribution in [2.45, 2.75) is 13.0 Å². The monoisotopic (exact) mass is 407 g/mol. The molecule has 3 rings (SSSR count). The van der Waals surface area contributed by atoms with Crippen molar-refractivity contribution in [1.29, 1.82) is 0 Å². The molecule has 2 aromatic rings. The maximum atomic E-state index is 12.6. The lowest BCUT2D eigenvalue weighted by Gasteiger charge is -2.38. The van der Waals surface area contributed by atoms with Gasteiger partial charge in [-0.25, -0.2) is 0 Å². The SMILES string of the molecule is COc1ccc(NC(=O)[C@H](C)N2CCN(c3ccccc3Cl)CC2)cc1Cl. The standard InChI is InChI=1S/C20H23Cl2N3O2/c1-14(20(26)23-15-7-8-19(27-2)17(22)13-15)24-9-11-25(12-10-24)18-6-4-3-5-16(18)21/h3-8,13-14H,9-12H2,1-2H3,(H,23,26)/t14-/m0/s1. The summed E-state index contributed by atoms with van der Waals surface area (Å²) in [6.45, 7) is 5.17. The summed E-state index contributed by atoms with van der Waals surface area (Å²) in [6.07, 6.45) is 0. The first-order valence-corrected chi connectivity index (χ1v) is 9.63. The molecular formula is C20H23Cl2N3O2. The molecule has 1 aliphatic rings. The van der Waals surface area contributed by atoms with Crippen LogP contribution in [0.15, 0.2) is 42.5 Å². The summed E-state index contributed by atoms with van der Waals surface area (Å²) >= 11 is 12.4. The normalized spacial score (nSPS) is 16.1. The van der Waals surface area contributed by atoms with Gasteiger partial charge in [-0.05, 0) is 37.3 Å². The largest absolute Gasteiger partial charge is 0.495 e. The number of piperazine rings is 1. The van der Waals surface area contributed by atoms with Crippen molar-refractivity contribution in [2.75, 3.05) is 43.5 Å². The third kappa shape index (κ3) is 4.67. The third-order valence-corrected chi connectivity index (χ3v) is 5.47. The highest BCUT2D eigenvalue weighted by Gasteiger charge is 2.26. The predicted octanol–water partition coefficient (Wildman–Crippen LogP) is 4.15. The number of hydrogen-bond acceptors (Lipinski definition) is 4. The molecule has 1 amide bonds. The van der Waals surface area contributed by atoms with Crippen molar-refractivity contribution in [3.8, 4) is 5.75 Å². The fourth-order valence-corrected chi connectivity index (χ4v) is 3.73. The van der Waals surface area contributed by atoms with Gasteiger partial charge in [0.1, 0.15) is 5.75 Å². The Labute approximate surface area is 169 Å². The van der Waals surface area contributed by atoms with E-state index < -0.39 is 0 Å². The Kier molecular flexibility index (Phi) is 6.47. The van der Waals surface area contributed by atoms with Gasteiger partial charge in [-0.3, -0.25) is 9.69 Å². The average Bonchev–Trinajstić information content (AvgIpc) is 2.68. The van der Waals surface area contributed by atoms with E-state index in [1.54, 1.807) is 25.3 Å². The van der Waals surface area contributed by atoms with Crippen LogP contribution >= 0.6 is 23.2 Å². The molecule has 0 aliphatic carbocycles. The van der Waals surface area contributed by atoms with Gasteiger partial charge in [0.15, 0.2) is 0 Å². The summed E-state index contributed by atoms with van der Waals surface area (Å²) in [5, 5.41) is 4.15. The van der Waals surface area contributed by atoms with E-state index in [9.17, 15) is 4.79 Å². The zero-order valence-corrected chi connectivity index (χ0v) is 16.9. The molecule has 5 nitrogen and oxygen atoms in total. The number of para-hydroxylation sites is 1. The first kappa shape index (κ1) is 19.8. The van der Waals surface area contributed by atoms with E-state index in [2.05, 4.69) is 15.1 Å². The zero-order chi connectivity index (χ0) is 19.4. The van der Waals surface area contributed by atoms with Crippen LogP contribution in [-0.2, 0) is 4.79 Å². The number of amides is 1. The van der Waals surface area contributed by atoms with E-state index >= 15 is 0 Å². The number of carbonyl (C=O) groups excluding carboxylic acids is 1. The van der Waals surface area contributed by atoms with Gasteiger partial charge >= 0.3 is 0 Å². The van der Waals surface area contributed by atoms with Crippen molar-refractivity contribution in [3.05, 3.63) is 52.5 Å². The van der Waals surface area contributed by atoms with Gasteiger partial charge in [-0.2, -0.15) is 0 Å². The summed E-state index contributed by atoms with van der Waals surface area (Å²) in [5.41, 5.74) is 1.70. The van der Waals surface area contributed by atoms with Crippen molar-refractivity contribution in [3.63, 3.8) is 0 Å². The van der Waals surface area contributed by atoms with E-state index in [0.717, 1.165) is 36.9 Å². The molecular weight excluding hydrogens is 385 g/mol. The van der Waals surface area contributed by atoms with Crippen molar-refractivity contribution in [1.82, 2.24) is 4.90 Å². The second-order valence-electron chi connectivity index (χ2n) is 6.49. The summed E-state index contributed by atoms with van der Waals surface area (Å²) in [5.74, 6) is 0.529. The minimum absolute atomic E-state index is 0.0533. The lowest BCUT2D eigenvalue weighted by Crippen LogP contribution is -2.52. The Morgan fingerprint density at radius 1 is 1.07 bits per heavy atom. The van der Waals surface area contributed by atoms with Gasteiger partial charge in [0.2, 0.25) is 5.91 Å². The number of anilines is 2. The number of halogens is 2. The van der Waals surface area contributed by atoms with E-state index in [4.69, 9.17) is 27.9 Å². The molecule has 7 heteroatoms. The smallest absolute Gasteiger partial charge is 0.241 e. The molecule has 144 valence electrons. The van der Waals surface area contributed by atoms with Crippen LogP contribution in [0.5, 0.6) is 5.75 Å². The van der Waals surface area contributed by atoms with Crippen LogP contribution in [-0.4, -0.2) is 50.1 Å². The van der Waals surface area contributed by atoms with E-state index in [0.29, 0.717) is 16.5 Å². The Hall–Kier alpha value is -1.95. The summed E-state index contributed by atoms with van der Waals surface area (Å²) in [6, 6.07) is 12.8. The Balaban J connectivity index is 1.57. The molecule has 0 unspecified atom stereocenters. The van der Waals surface area contributed by atoms with Gasteiger partial charge < -0.3 is 15.0 Å². The zero-order valence-electron chi connectivity index (χ0n) is 15.4. The summed E-state index contributed by atoms with van der Waals surface area (Å²) in [4.78, 5) is 17.1. The van der Waals surface area contributed by atoms with E-state index in [1.807, 2.05) is 31.2 Å². The quantitative estimate of drug-likeness (QED) is 0.808. The Bertz CT molecular complexity index is 808. The molecule has 1 fully saturated rings. The van der Waals surface area contributed by atoms with E-state index in [1.165, 1.54) is 0 Å². The number of carbonyl (C=O) groups is 1. The van der Waals surface area contributed by atoms with Gasteiger partial charge in [0.05, 0.1) is 28.9 Å².